The van der Waals surface area contributed by atoms with Gasteiger partial charge < -0.3 is 14.8 Å². The van der Waals surface area contributed by atoms with Gasteiger partial charge in [-0.1, -0.05) is 45.0 Å². The number of aryl methyl sites for hydroxylation is 1. The Hall–Kier alpha value is -3.35. The maximum Gasteiger partial charge on any atom is 0.261 e. The number of hydrogen-bond donors (Lipinski definition) is 1. The summed E-state index contributed by atoms with van der Waals surface area (Å²) in [5.74, 6) is 0.986. The number of carbonyl (C=O) groups is 1. The second-order valence-electron chi connectivity index (χ2n) is 9.12. The van der Waals surface area contributed by atoms with E-state index in [1.54, 1.807) is 19.2 Å². The van der Waals surface area contributed by atoms with Crippen LogP contribution >= 0.6 is 0 Å². The van der Waals surface area contributed by atoms with Gasteiger partial charge in [0.1, 0.15) is 0 Å². The van der Waals surface area contributed by atoms with Crippen LogP contribution in [0.25, 0.3) is 10.9 Å². The van der Waals surface area contributed by atoms with E-state index in [2.05, 4.69) is 55.3 Å². The maximum absolute atomic E-state index is 12.8. The zero-order valence-corrected chi connectivity index (χ0v) is 20.1. The Morgan fingerprint density at radius 3 is 2.36 bits per heavy atom. The summed E-state index contributed by atoms with van der Waals surface area (Å²) in [6.45, 7) is 7.58. The summed E-state index contributed by atoms with van der Waals surface area (Å²) in [6, 6.07) is 11.9. The molecule has 0 saturated heterocycles. The number of nitrogens with one attached hydrogen (secondary N) is 1. The molecule has 0 atom stereocenters. The number of nitrogens with zero attached hydrogens (tertiary/aromatic N) is 2. The number of carbonyl (C=O) groups excluding carboxylic acids is 1. The minimum atomic E-state index is -0.167. The predicted molar refractivity (Wildman–Crippen MR) is 130 cm³/mol. The maximum atomic E-state index is 12.8. The number of hydrogen-bond acceptors (Lipinski definition) is 5. The van der Waals surface area contributed by atoms with Crippen LogP contribution in [-0.4, -0.2) is 36.2 Å². The lowest BCUT2D eigenvalue weighted by atomic mass is 9.86. The van der Waals surface area contributed by atoms with E-state index in [4.69, 9.17) is 9.47 Å². The number of methoxy groups -OCH3 is 2. The third-order valence-electron chi connectivity index (χ3n) is 5.69. The lowest BCUT2D eigenvalue weighted by Crippen LogP contribution is -2.26. The van der Waals surface area contributed by atoms with E-state index >= 15 is 0 Å². The van der Waals surface area contributed by atoms with Crippen LogP contribution < -0.4 is 20.3 Å². The second kappa shape index (κ2) is 10.5. The van der Waals surface area contributed by atoms with Gasteiger partial charge in [0.05, 0.1) is 31.4 Å². The van der Waals surface area contributed by atoms with Crippen molar-refractivity contribution in [3.05, 3.63) is 64.2 Å². The third-order valence-corrected chi connectivity index (χ3v) is 5.69. The monoisotopic (exact) mass is 451 g/mol. The van der Waals surface area contributed by atoms with Crippen molar-refractivity contribution in [2.24, 2.45) is 0 Å². The smallest absolute Gasteiger partial charge is 0.261 e. The molecule has 176 valence electrons. The fraction of sp³-hybridized carbons (Fsp3) is 0.423. The molecule has 1 aromatic heterocycles. The highest BCUT2D eigenvalue weighted by Gasteiger charge is 2.13. The first-order valence-corrected chi connectivity index (χ1v) is 11.2. The number of amides is 1. The summed E-state index contributed by atoms with van der Waals surface area (Å²) in [7, 11) is 3.07. The number of benzene rings is 2. The zero-order valence-electron chi connectivity index (χ0n) is 20.1. The molecule has 0 radical (unpaired) electrons. The Kier molecular flexibility index (Phi) is 7.74. The standard InChI is InChI=1S/C26H33N3O4/c1-26(2,3)19-10-8-18(9-11-19)12-13-27-24(30)7-6-14-29-17-28-21-16-23(33-5)22(32-4)15-20(21)25(29)31/h8-11,15-17H,6-7,12-14H2,1-5H3,(H,27,30). The van der Waals surface area contributed by atoms with E-state index in [0.29, 0.717) is 48.3 Å². The Morgan fingerprint density at radius 2 is 1.73 bits per heavy atom. The molecule has 0 fully saturated rings. The van der Waals surface area contributed by atoms with Crippen molar-refractivity contribution in [1.29, 1.82) is 0 Å². The van der Waals surface area contributed by atoms with Crippen molar-refractivity contribution < 1.29 is 14.3 Å². The van der Waals surface area contributed by atoms with Crippen molar-refractivity contribution in [3.63, 3.8) is 0 Å². The summed E-state index contributed by atoms with van der Waals surface area (Å²) in [5, 5.41) is 3.42. The van der Waals surface area contributed by atoms with Gasteiger partial charge >= 0.3 is 0 Å². The van der Waals surface area contributed by atoms with Crippen LogP contribution in [-0.2, 0) is 23.2 Å². The van der Waals surface area contributed by atoms with Gasteiger partial charge in [0.15, 0.2) is 11.5 Å². The number of fused-ring (bicyclic) bond motifs is 1. The quantitative estimate of drug-likeness (QED) is 0.534. The molecule has 0 aliphatic rings. The Labute approximate surface area is 194 Å². The van der Waals surface area contributed by atoms with Crippen molar-refractivity contribution in [2.45, 2.75) is 52.0 Å². The van der Waals surface area contributed by atoms with E-state index in [1.165, 1.54) is 29.1 Å². The average Bonchev–Trinajstić information content (AvgIpc) is 2.79. The first kappa shape index (κ1) is 24.3. The minimum Gasteiger partial charge on any atom is -0.493 e. The summed E-state index contributed by atoms with van der Waals surface area (Å²) in [6.07, 6.45) is 3.19. The number of ether oxygens (including phenoxy) is 2. The van der Waals surface area contributed by atoms with E-state index in [9.17, 15) is 9.59 Å². The Bertz CT molecular complexity index is 1160. The molecule has 0 unspecified atom stereocenters. The van der Waals surface area contributed by atoms with Crippen molar-refractivity contribution >= 4 is 16.8 Å². The van der Waals surface area contributed by atoms with Gasteiger partial charge in [0.2, 0.25) is 5.91 Å². The lowest BCUT2D eigenvalue weighted by Gasteiger charge is -2.19. The molecule has 0 aliphatic heterocycles. The van der Waals surface area contributed by atoms with E-state index in [0.717, 1.165) is 6.42 Å². The number of rotatable bonds is 9. The van der Waals surface area contributed by atoms with Crippen LogP contribution in [0.15, 0.2) is 47.5 Å². The summed E-state index contributed by atoms with van der Waals surface area (Å²) >= 11 is 0. The average molecular weight is 452 g/mol. The van der Waals surface area contributed by atoms with E-state index in [1.807, 2.05) is 0 Å². The summed E-state index contributed by atoms with van der Waals surface area (Å²) in [4.78, 5) is 29.4. The van der Waals surface area contributed by atoms with E-state index in [-0.39, 0.29) is 16.9 Å². The molecule has 0 aliphatic carbocycles. The highest BCUT2D eigenvalue weighted by molar-refractivity contribution is 5.81. The largest absolute Gasteiger partial charge is 0.493 e. The molecular weight excluding hydrogens is 418 g/mol. The molecule has 0 saturated carbocycles. The molecule has 2 aromatic carbocycles. The first-order valence-electron chi connectivity index (χ1n) is 11.2. The SMILES string of the molecule is COc1cc2ncn(CCCC(=O)NCCc3ccc(C(C)(C)C)cc3)c(=O)c2cc1OC. The fourth-order valence-corrected chi connectivity index (χ4v) is 3.66. The second-order valence-corrected chi connectivity index (χ2v) is 9.12. The number of aromatic nitrogens is 2. The third kappa shape index (κ3) is 6.12. The molecule has 7 heteroatoms. The van der Waals surface area contributed by atoms with Crippen LogP contribution in [0.4, 0.5) is 0 Å². The van der Waals surface area contributed by atoms with Gasteiger partial charge in [-0.3, -0.25) is 14.2 Å². The van der Waals surface area contributed by atoms with Crippen LogP contribution in [0.1, 0.15) is 44.7 Å². The first-order chi connectivity index (χ1) is 15.7. The normalized spacial score (nSPS) is 11.4. The molecule has 0 spiro atoms. The molecular formula is C26H33N3O4. The lowest BCUT2D eigenvalue weighted by molar-refractivity contribution is -0.121. The van der Waals surface area contributed by atoms with Crippen molar-refractivity contribution in [3.8, 4) is 11.5 Å². The van der Waals surface area contributed by atoms with Gasteiger partial charge in [-0.25, -0.2) is 4.98 Å². The summed E-state index contributed by atoms with van der Waals surface area (Å²) in [5.41, 5.74) is 3.01. The molecule has 1 amide bonds. The summed E-state index contributed by atoms with van der Waals surface area (Å²) < 4.78 is 12.1. The van der Waals surface area contributed by atoms with Gasteiger partial charge in [-0.15, -0.1) is 0 Å². The minimum absolute atomic E-state index is 0.0190. The highest BCUT2D eigenvalue weighted by Crippen LogP contribution is 2.29. The fourth-order valence-electron chi connectivity index (χ4n) is 3.66. The molecule has 3 rings (SSSR count). The van der Waals surface area contributed by atoms with Crippen LogP contribution in [0, 0.1) is 0 Å². The molecule has 7 nitrogen and oxygen atoms in total. The zero-order chi connectivity index (χ0) is 24.0. The van der Waals surface area contributed by atoms with Gasteiger partial charge in [-0.2, -0.15) is 0 Å². The Morgan fingerprint density at radius 1 is 1.06 bits per heavy atom. The molecule has 0 bridgehead atoms. The highest BCUT2D eigenvalue weighted by atomic mass is 16.5. The van der Waals surface area contributed by atoms with Gasteiger partial charge in [-0.05, 0) is 35.4 Å². The van der Waals surface area contributed by atoms with Crippen LogP contribution in [0.3, 0.4) is 0 Å². The van der Waals surface area contributed by atoms with Crippen molar-refractivity contribution in [1.82, 2.24) is 14.9 Å². The topological polar surface area (TPSA) is 82.5 Å². The van der Waals surface area contributed by atoms with Crippen LogP contribution in [0.2, 0.25) is 0 Å². The molecule has 3 aromatic rings. The Balaban J connectivity index is 1.50. The molecule has 1 N–H and O–H groups in total. The molecule has 1 heterocycles. The van der Waals surface area contributed by atoms with Crippen LogP contribution in [0.5, 0.6) is 11.5 Å². The molecule has 33 heavy (non-hydrogen) atoms. The van der Waals surface area contributed by atoms with Crippen molar-refractivity contribution in [2.75, 3.05) is 20.8 Å². The van der Waals surface area contributed by atoms with E-state index < -0.39 is 0 Å². The predicted octanol–water partition coefficient (Wildman–Crippen LogP) is 3.85. The van der Waals surface area contributed by atoms with Gasteiger partial charge in [0, 0.05) is 25.6 Å². The van der Waals surface area contributed by atoms with Gasteiger partial charge in [0.25, 0.3) is 5.56 Å².